The van der Waals surface area contributed by atoms with Gasteiger partial charge in [-0.1, -0.05) is 19.3 Å². The van der Waals surface area contributed by atoms with Gasteiger partial charge in [-0.25, -0.2) is 9.97 Å². The van der Waals surface area contributed by atoms with E-state index in [9.17, 15) is 0 Å². The van der Waals surface area contributed by atoms with Crippen molar-refractivity contribution in [1.82, 2.24) is 24.6 Å². The molecule has 0 radical (unpaired) electrons. The average molecular weight is 302 g/mol. The van der Waals surface area contributed by atoms with Crippen LogP contribution in [0.15, 0.2) is 12.5 Å². The van der Waals surface area contributed by atoms with Crippen LogP contribution in [0.3, 0.4) is 0 Å². The SMILES string of the molecule is CN(C)[C@@H](CNc1ncnc2c1cnn2C)C1CCCCC1. The zero-order valence-electron chi connectivity index (χ0n) is 13.8. The van der Waals surface area contributed by atoms with E-state index in [2.05, 4.69) is 39.4 Å². The predicted molar refractivity (Wildman–Crippen MR) is 88.8 cm³/mol. The highest BCUT2D eigenvalue weighted by molar-refractivity contribution is 5.85. The molecule has 2 aromatic heterocycles. The molecule has 1 fully saturated rings. The van der Waals surface area contributed by atoms with Crippen LogP contribution in [0.25, 0.3) is 11.0 Å². The molecule has 1 aliphatic carbocycles. The molecule has 0 unspecified atom stereocenters. The number of fused-ring (bicyclic) bond motifs is 1. The molecule has 1 aliphatic rings. The number of anilines is 1. The van der Waals surface area contributed by atoms with Gasteiger partial charge in [0.15, 0.2) is 5.65 Å². The van der Waals surface area contributed by atoms with Crippen LogP contribution in [-0.2, 0) is 7.05 Å². The number of likely N-dealkylation sites (N-methyl/N-ethyl adjacent to an activating group) is 1. The summed E-state index contributed by atoms with van der Waals surface area (Å²) in [6, 6.07) is 0.544. The normalized spacial score (nSPS) is 18.0. The Bertz CT molecular complexity index is 614. The highest BCUT2D eigenvalue weighted by atomic mass is 15.3. The minimum atomic E-state index is 0.544. The number of hydrogen-bond acceptors (Lipinski definition) is 5. The van der Waals surface area contributed by atoms with Crippen LogP contribution in [0.2, 0.25) is 0 Å². The lowest BCUT2D eigenvalue weighted by Gasteiger charge is -2.35. The number of nitrogens with one attached hydrogen (secondary N) is 1. The molecule has 22 heavy (non-hydrogen) atoms. The van der Waals surface area contributed by atoms with Crippen molar-refractivity contribution in [3.05, 3.63) is 12.5 Å². The van der Waals surface area contributed by atoms with Crippen molar-refractivity contribution in [2.24, 2.45) is 13.0 Å². The van der Waals surface area contributed by atoms with E-state index in [0.717, 1.165) is 29.3 Å². The molecule has 0 aliphatic heterocycles. The lowest BCUT2D eigenvalue weighted by Crippen LogP contribution is -2.41. The van der Waals surface area contributed by atoms with Gasteiger partial charge in [-0.2, -0.15) is 5.10 Å². The summed E-state index contributed by atoms with van der Waals surface area (Å²) in [4.78, 5) is 11.0. The first-order chi connectivity index (χ1) is 10.7. The number of rotatable bonds is 5. The Morgan fingerprint density at radius 1 is 1.27 bits per heavy atom. The molecule has 0 bridgehead atoms. The van der Waals surface area contributed by atoms with Crippen LogP contribution in [0.1, 0.15) is 32.1 Å². The molecular formula is C16H26N6. The zero-order valence-corrected chi connectivity index (χ0v) is 13.8. The molecule has 0 amide bonds. The fourth-order valence-electron chi connectivity index (χ4n) is 3.59. The molecule has 6 heteroatoms. The van der Waals surface area contributed by atoms with E-state index < -0.39 is 0 Å². The standard InChI is InChI=1S/C16H26N6/c1-21(2)14(12-7-5-4-6-8-12)10-17-15-13-9-20-22(3)16(13)19-11-18-15/h9,11-12,14H,4-8,10H2,1-3H3,(H,17,18,19)/t14-/m0/s1. The van der Waals surface area contributed by atoms with Crippen molar-refractivity contribution in [1.29, 1.82) is 0 Å². The fourth-order valence-corrected chi connectivity index (χ4v) is 3.59. The molecule has 6 nitrogen and oxygen atoms in total. The number of aromatic nitrogens is 4. The van der Waals surface area contributed by atoms with Crippen molar-refractivity contribution in [2.75, 3.05) is 26.0 Å². The maximum atomic E-state index is 4.40. The molecule has 1 saturated carbocycles. The first-order valence-electron chi connectivity index (χ1n) is 8.20. The summed E-state index contributed by atoms with van der Waals surface area (Å²) in [5.74, 6) is 1.67. The van der Waals surface area contributed by atoms with Crippen molar-refractivity contribution in [3.8, 4) is 0 Å². The summed E-state index contributed by atoms with van der Waals surface area (Å²) < 4.78 is 1.78. The van der Waals surface area contributed by atoms with Crippen molar-refractivity contribution in [3.63, 3.8) is 0 Å². The third kappa shape index (κ3) is 3.06. The topological polar surface area (TPSA) is 58.9 Å². The van der Waals surface area contributed by atoms with Crippen molar-refractivity contribution in [2.45, 2.75) is 38.1 Å². The molecule has 0 spiro atoms. The van der Waals surface area contributed by atoms with Crippen LogP contribution in [0, 0.1) is 5.92 Å². The summed E-state index contributed by atoms with van der Waals surface area (Å²) in [6.07, 6.45) is 10.3. The number of nitrogens with zero attached hydrogens (tertiary/aromatic N) is 5. The maximum Gasteiger partial charge on any atom is 0.163 e. The Hall–Kier alpha value is -1.69. The second-order valence-corrected chi connectivity index (χ2v) is 6.54. The highest BCUT2D eigenvalue weighted by Crippen LogP contribution is 2.28. The molecule has 2 aromatic rings. The third-order valence-corrected chi connectivity index (χ3v) is 4.87. The monoisotopic (exact) mass is 302 g/mol. The van der Waals surface area contributed by atoms with Crippen LogP contribution in [-0.4, -0.2) is 51.3 Å². The van der Waals surface area contributed by atoms with Crippen molar-refractivity contribution >= 4 is 16.9 Å². The summed E-state index contributed by atoms with van der Waals surface area (Å²) >= 11 is 0. The Morgan fingerprint density at radius 2 is 2.05 bits per heavy atom. The molecule has 0 saturated heterocycles. The van der Waals surface area contributed by atoms with Gasteiger partial charge >= 0.3 is 0 Å². The Labute approximate surface area is 131 Å². The second kappa shape index (κ2) is 6.60. The van der Waals surface area contributed by atoms with E-state index in [1.54, 1.807) is 11.0 Å². The molecular weight excluding hydrogens is 276 g/mol. The molecule has 3 rings (SSSR count). The first-order valence-corrected chi connectivity index (χ1v) is 8.20. The Balaban J connectivity index is 1.73. The maximum absolute atomic E-state index is 4.40. The van der Waals surface area contributed by atoms with E-state index in [1.807, 2.05) is 13.2 Å². The summed E-state index contributed by atoms with van der Waals surface area (Å²) in [6.45, 7) is 0.915. The van der Waals surface area contributed by atoms with Crippen LogP contribution in [0.5, 0.6) is 0 Å². The average Bonchev–Trinajstić information content (AvgIpc) is 2.91. The van der Waals surface area contributed by atoms with E-state index >= 15 is 0 Å². The van der Waals surface area contributed by atoms with Gasteiger partial charge in [0, 0.05) is 19.6 Å². The lowest BCUT2D eigenvalue weighted by molar-refractivity contribution is 0.179. The van der Waals surface area contributed by atoms with E-state index in [0.29, 0.717) is 6.04 Å². The Kier molecular flexibility index (Phi) is 4.57. The Morgan fingerprint density at radius 3 is 2.77 bits per heavy atom. The van der Waals surface area contributed by atoms with Gasteiger partial charge in [0.05, 0.1) is 11.6 Å². The third-order valence-electron chi connectivity index (χ3n) is 4.87. The van der Waals surface area contributed by atoms with Crippen LogP contribution in [0.4, 0.5) is 5.82 Å². The summed E-state index contributed by atoms with van der Waals surface area (Å²) in [5.41, 5.74) is 0.872. The second-order valence-electron chi connectivity index (χ2n) is 6.54. The zero-order chi connectivity index (χ0) is 15.5. The van der Waals surface area contributed by atoms with E-state index in [4.69, 9.17) is 0 Å². The molecule has 1 atom stereocenters. The number of hydrogen-bond donors (Lipinski definition) is 1. The van der Waals surface area contributed by atoms with Gasteiger partial charge in [-0.3, -0.25) is 4.68 Å². The van der Waals surface area contributed by atoms with Crippen molar-refractivity contribution < 1.29 is 0 Å². The van der Waals surface area contributed by atoms with E-state index in [-0.39, 0.29) is 0 Å². The summed E-state index contributed by atoms with van der Waals surface area (Å²) in [7, 11) is 6.27. The minimum absolute atomic E-state index is 0.544. The summed E-state index contributed by atoms with van der Waals surface area (Å²) in [5, 5.41) is 8.80. The fraction of sp³-hybridized carbons (Fsp3) is 0.688. The van der Waals surface area contributed by atoms with E-state index in [1.165, 1.54) is 32.1 Å². The van der Waals surface area contributed by atoms with Crippen LogP contribution >= 0.6 is 0 Å². The molecule has 1 N–H and O–H groups in total. The first kappa shape index (κ1) is 15.2. The van der Waals surface area contributed by atoms with Crippen LogP contribution < -0.4 is 5.32 Å². The highest BCUT2D eigenvalue weighted by Gasteiger charge is 2.25. The number of aryl methyl sites for hydroxylation is 1. The molecule has 2 heterocycles. The van der Waals surface area contributed by atoms with Gasteiger partial charge in [0.25, 0.3) is 0 Å². The van der Waals surface area contributed by atoms with Gasteiger partial charge in [-0.15, -0.1) is 0 Å². The van der Waals surface area contributed by atoms with Gasteiger partial charge in [0.1, 0.15) is 12.1 Å². The predicted octanol–water partition coefficient (Wildman–Crippen LogP) is 2.29. The largest absolute Gasteiger partial charge is 0.368 e. The molecule has 0 aromatic carbocycles. The minimum Gasteiger partial charge on any atom is -0.368 e. The van der Waals surface area contributed by atoms with Gasteiger partial charge in [-0.05, 0) is 32.9 Å². The lowest BCUT2D eigenvalue weighted by atomic mass is 9.83. The van der Waals surface area contributed by atoms with Gasteiger partial charge < -0.3 is 10.2 Å². The van der Waals surface area contributed by atoms with Gasteiger partial charge in [0.2, 0.25) is 0 Å². The smallest absolute Gasteiger partial charge is 0.163 e. The molecule has 120 valence electrons. The quantitative estimate of drug-likeness (QED) is 0.918.